The number of hydrazine groups is 2. The summed E-state index contributed by atoms with van der Waals surface area (Å²) in [6.07, 6.45) is 4.19. The van der Waals surface area contributed by atoms with E-state index in [4.69, 9.17) is 9.47 Å². The lowest BCUT2D eigenvalue weighted by Crippen LogP contribution is -2.46. The molecule has 0 aromatic heterocycles. The monoisotopic (exact) mass is 433 g/mol. The molecule has 0 radical (unpaired) electrons. The molecular formula is C24H27N5O3. The van der Waals surface area contributed by atoms with Crippen molar-refractivity contribution < 1.29 is 14.3 Å². The van der Waals surface area contributed by atoms with Crippen molar-refractivity contribution in [1.82, 2.24) is 21.0 Å². The number of methoxy groups -OCH3 is 1. The van der Waals surface area contributed by atoms with Gasteiger partial charge in [0.05, 0.1) is 7.11 Å². The van der Waals surface area contributed by atoms with E-state index in [1.807, 2.05) is 24.3 Å². The van der Waals surface area contributed by atoms with E-state index >= 15 is 0 Å². The van der Waals surface area contributed by atoms with Crippen molar-refractivity contribution in [1.29, 1.82) is 0 Å². The molecule has 2 aromatic carbocycles. The summed E-state index contributed by atoms with van der Waals surface area (Å²) >= 11 is 0. The van der Waals surface area contributed by atoms with Crippen molar-refractivity contribution in [2.45, 2.75) is 18.4 Å². The number of carbonyl (C=O) groups is 1. The zero-order valence-corrected chi connectivity index (χ0v) is 18.3. The van der Waals surface area contributed by atoms with Gasteiger partial charge in [0.1, 0.15) is 17.9 Å². The molecule has 8 heteroatoms. The first-order valence-electron chi connectivity index (χ1n) is 10.8. The van der Waals surface area contributed by atoms with E-state index in [-0.39, 0.29) is 18.1 Å². The van der Waals surface area contributed by atoms with Crippen molar-refractivity contribution >= 4 is 17.4 Å². The van der Waals surface area contributed by atoms with Gasteiger partial charge >= 0.3 is 5.97 Å². The number of amidine groups is 1. The highest BCUT2D eigenvalue weighted by atomic mass is 16.5. The van der Waals surface area contributed by atoms with Gasteiger partial charge in [-0.1, -0.05) is 42.5 Å². The van der Waals surface area contributed by atoms with Gasteiger partial charge in [-0.05, 0) is 36.4 Å². The number of para-hydroxylation sites is 1. The van der Waals surface area contributed by atoms with Gasteiger partial charge in [0.15, 0.2) is 5.84 Å². The van der Waals surface area contributed by atoms with E-state index in [0.29, 0.717) is 5.84 Å². The molecule has 2 N–H and O–H groups in total. The fourth-order valence-electron chi connectivity index (χ4n) is 4.46. The van der Waals surface area contributed by atoms with Gasteiger partial charge < -0.3 is 14.8 Å². The van der Waals surface area contributed by atoms with E-state index in [1.54, 1.807) is 17.2 Å². The third-order valence-corrected chi connectivity index (χ3v) is 6.08. The molecule has 0 aliphatic carbocycles. The zero-order chi connectivity index (χ0) is 22.1. The predicted octanol–water partition coefficient (Wildman–Crippen LogP) is 2.13. The Morgan fingerprint density at radius 2 is 1.84 bits per heavy atom. The summed E-state index contributed by atoms with van der Waals surface area (Å²) < 4.78 is 11.3. The fourth-order valence-corrected chi connectivity index (χ4v) is 4.46. The molecule has 3 aliphatic rings. The normalized spacial score (nSPS) is 19.2. The van der Waals surface area contributed by atoms with Crippen LogP contribution in [0.15, 0.2) is 59.7 Å². The smallest absolute Gasteiger partial charge is 0.327 e. The van der Waals surface area contributed by atoms with Crippen LogP contribution < -0.4 is 15.6 Å². The molecule has 8 nitrogen and oxygen atoms in total. The Morgan fingerprint density at radius 3 is 2.59 bits per heavy atom. The number of carbonyl (C=O) groups excluding carboxylic acids is 1. The van der Waals surface area contributed by atoms with Crippen LogP contribution in [0.25, 0.3) is 5.57 Å². The first-order valence-corrected chi connectivity index (χ1v) is 10.8. The number of piperidine rings is 1. The summed E-state index contributed by atoms with van der Waals surface area (Å²) in [4.78, 5) is 11.8. The lowest BCUT2D eigenvalue weighted by Gasteiger charge is -2.40. The summed E-state index contributed by atoms with van der Waals surface area (Å²) in [5.74, 6) is 1.26. The number of benzene rings is 2. The molecule has 166 valence electrons. The molecule has 0 unspecified atom stereocenters. The minimum absolute atomic E-state index is 0.0633. The average Bonchev–Trinajstić information content (AvgIpc) is 3.18. The standard InChI is InChI=1S/C24H27N5O3/c1-28-26-23(29(27-28)16-22(30)31-2)18-9-7-17(8-10-18)20-15-24(11-13-25-14-12-24)32-21-6-4-3-5-19(20)21/h3-10,15,25,27H,11-14,16H2,1-2H3. The maximum absolute atomic E-state index is 11.8. The summed E-state index contributed by atoms with van der Waals surface area (Å²) in [7, 11) is 3.16. The third-order valence-electron chi connectivity index (χ3n) is 6.08. The first-order chi connectivity index (χ1) is 15.6. The number of rotatable bonds is 4. The lowest BCUT2D eigenvalue weighted by atomic mass is 9.83. The van der Waals surface area contributed by atoms with Crippen LogP contribution in [0.2, 0.25) is 0 Å². The number of hydrogen-bond donors (Lipinski definition) is 2. The largest absolute Gasteiger partial charge is 0.482 e. The summed E-state index contributed by atoms with van der Waals surface area (Å²) in [6, 6.07) is 16.5. The molecule has 3 aliphatic heterocycles. The minimum atomic E-state index is -0.339. The van der Waals surface area contributed by atoms with Crippen molar-refractivity contribution in [3.63, 3.8) is 0 Å². The Morgan fingerprint density at radius 1 is 1.12 bits per heavy atom. The van der Waals surface area contributed by atoms with Gasteiger partial charge in [-0.3, -0.25) is 9.80 Å². The molecule has 1 saturated heterocycles. The summed E-state index contributed by atoms with van der Waals surface area (Å²) in [6.45, 7) is 1.95. The topological polar surface area (TPSA) is 78.4 Å². The molecule has 0 amide bonds. The van der Waals surface area contributed by atoms with Crippen LogP contribution in [0.5, 0.6) is 5.75 Å². The van der Waals surface area contributed by atoms with Crippen LogP contribution in [-0.4, -0.2) is 61.3 Å². The van der Waals surface area contributed by atoms with Crippen LogP contribution in [0, 0.1) is 0 Å². The highest BCUT2D eigenvalue weighted by Crippen LogP contribution is 2.42. The van der Waals surface area contributed by atoms with Gasteiger partial charge in [-0.25, -0.2) is 5.12 Å². The van der Waals surface area contributed by atoms with E-state index in [0.717, 1.165) is 48.4 Å². The molecule has 0 atom stereocenters. The Kier molecular flexibility index (Phi) is 5.32. The van der Waals surface area contributed by atoms with Crippen LogP contribution in [0.3, 0.4) is 0 Å². The summed E-state index contributed by atoms with van der Waals surface area (Å²) in [5, 5.41) is 11.2. The number of hydrogen-bond acceptors (Lipinski definition) is 8. The molecule has 5 rings (SSSR count). The lowest BCUT2D eigenvalue weighted by molar-refractivity contribution is -0.141. The number of fused-ring (bicyclic) bond motifs is 1. The quantitative estimate of drug-likeness (QED) is 0.716. The van der Waals surface area contributed by atoms with Crippen molar-refractivity contribution in [2.75, 3.05) is 33.8 Å². The molecule has 1 fully saturated rings. The Labute approximate surface area is 187 Å². The van der Waals surface area contributed by atoms with E-state index in [2.05, 4.69) is 46.3 Å². The SMILES string of the molecule is COC(=O)CN1NN(C)N=C1c1ccc(C2=CC3(CCNCC3)Oc3ccccc32)cc1. The maximum Gasteiger partial charge on any atom is 0.327 e. The van der Waals surface area contributed by atoms with Gasteiger partial charge in [0, 0.05) is 31.0 Å². The first kappa shape index (κ1) is 20.5. The number of hydrazone groups is 1. The second-order valence-electron chi connectivity index (χ2n) is 8.26. The van der Waals surface area contributed by atoms with Crippen LogP contribution in [-0.2, 0) is 9.53 Å². The van der Waals surface area contributed by atoms with Crippen molar-refractivity contribution in [3.8, 4) is 5.75 Å². The van der Waals surface area contributed by atoms with Crippen LogP contribution in [0.1, 0.15) is 29.5 Å². The van der Waals surface area contributed by atoms with Crippen LogP contribution in [0.4, 0.5) is 0 Å². The molecule has 0 bridgehead atoms. The average molecular weight is 434 g/mol. The second kappa shape index (κ2) is 8.29. The number of nitrogens with zero attached hydrogens (tertiary/aromatic N) is 3. The zero-order valence-electron chi connectivity index (χ0n) is 18.3. The van der Waals surface area contributed by atoms with Gasteiger partial charge in [0.25, 0.3) is 0 Å². The molecule has 3 heterocycles. The van der Waals surface area contributed by atoms with E-state index in [1.165, 1.54) is 12.7 Å². The van der Waals surface area contributed by atoms with E-state index in [9.17, 15) is 4.79 Å². The maximum atomic E-state index is 11.8. The molecule has 32 heavy (non-hydrogen) atoms. The minimum Gasteiger partial charge on any atom is -0.482 e. The molecule has 2 aromatic rings. The fraction of sp³-hybridized carbons (Fsp3) is 0.333. The van der Waals surface area contributed by atoms with Gasteiger partial charge in [-0.15, -0.1) is 10.6 Å². The Balaban J connectivity index is 1.47. The second-order valence-corrected chi connectivity index (χ2v) is 8.26. The number of nitrogens with one attached hydrogen (secondary N) is 2. The van der Waals surface area contributed by atoms with E-state index < -0.39 is 0 Å². The summed E-state index contributed by atoms with van der Waals surface area (Å²) in [5.41, 5.74) is 7.09. The van der Waals surface area contributed by atoms with Gasteiger partial charge in [-0.2, -0.15) is 0 Å². The highest BCUT2D eigenvalue weighted by Gasteiger charge is 2.37. The Bertz CT molecular complexity index is 1070. The van der Waals surface area contributed by atoms with Crippen molar-refractivity contribution in [2.24, 2.45) is 5.10 Å². The molecule has 0 saturated carbocycles. The molecule has 1 spiro atoms. The third kappa shape index (κ3) is 3.83. The van der Waals surface area contributed by atoms with Crippen LogP contribution >= 0.6 is 0 Å². The number of ether oxygens (including phenoxy) is 2. The van der Waals surface area contributed by atoms with Crippen molar-refractivity contribution in [3.05, 3.63) is 71.3 Å². The predicted molar refractivity (Wildman–Crippen MR) is 122 cm³/mol. The Hall–Kier alpha value is -3.36. The number of esters is 1. The van der Waals surface area contributed by atoms with Gasteiger partial charge in [0.2, 0.25) is 0 Å². The molecular weight excluding hydrogens is 406 g/mol. The highest BCUT2D eigenvalue weighted by molar-refractivity contribution is 6.00.